The molecule has 1 unspecified atom stereocenters. The Morgan fingerprint density at radius 2 is 2.08 bits per heavy atom. The Bertz CT molecular complexity index is 137. The zero-order valence-corrected chi connectivity index (χ0v) is 8.81. The Morgan fingerprint density at radius 3 is 2.62 bits per heavy atom. The predicted molar refractivity (Wildman–Crippen MR) is 56.0 cm³/mol. The van der Waals surface area contributed by atoms with Gasteiger partial charge in [-0.3, -0.25) is 5.41 Å². The lowest BCUT2D eigenvalue weighted by molar-refractivity contribution is 0.117. The van der Waals surface area contributed by atoms with E-state index in [1.54, 1.807) is 0 Å². The second-order valence-corrected chi connectivity index (χ2v) is 3.49. The zero-order chi connectivity index (χ0) is 10.1. The summed E-state index contributed by atoms with van der Waals surface area (Å²) < 4.78 is 5.38. The van der Waals surface area contributed by atoms with Crippen LogP contribution in [-0.4, -0.2) is 19.0 Å². The smallest absolute Gasteiger partial charge is 0.0957 e. The van der Waals surface area contributed by atoms with E-state index in [2.05, 4.69) is 6.92 Å². The molecule has 0 fully saturated rings. The van der Waals surface area contributed by atoms with Gasteiger partial charge in [0.15, 0.2) is 0 Å². The maximum atomic E-state index is 7.14. The normalized spacial score (nSPS) is 12.8. The van der Waals surface area contributed by atoms with Crippen molar-refractivity contribution in [2.45, 2.75) is 39.5 Å². The average molecular weight is 186 g/mol. The van der Waals surface area contributed by atoms with Crippen LogP contribution in [0.5, 0.6) is 0 Å². The van der Waals surface area contributed by atoms with Crippen LogP contribution in [-0.2, 0) is 4.74 Å². The molecule has 0 aromatic heterocycles. The average Bonchev–Trinajstić information content (AvgIpc) is 2.10. The Balaban J connectivity index is 3.11. The summed E-state index contributed by atoms with van der Waals surface area (Å²) in [6, 6.07) is 0. The van der Waals surface area contributed by atoms with Crippen molar-refractivity contribution in [2.75, 3.05) is 13.2 Å². The standard InChI is InChI=1S/C10H22N2O/c1-3-4-5-6-7-13-8-9(2)10(11)12/h9H,3-8H2,1-2H3,(H3,11,12). The Kier molecular flexibility index (Phi) is 7.69. The molecule has 3 nitrogen and oxygen atoms in total. The van der Waals surface area contributed by atoms with Gasteiger partial charge in [0.1, 0.15) is 0 Å². The van der Waals surface area contributed by atoms with Gasteiger partial charge in [-0.05, 0) is 6.42 Å². The molecule has 0 aliphatic rings. The monoisotopic (exact) mass is 186 g/mol. The molecule has 3 N–H and O–H groups in total. The van der Waals surface area contributed by atoms with Crippen molar-refractivity contribution < 1.29 is 4.74 Å². The van der Waals surface area contributed by atoms with Gasteiger partial charge in [0.2, 0.25) is 0 Å². The van der Waals surface area contributed by atoms with Gasteiger partial charge < -0.3 is 10.5 Å². The van der Waals surface area contributed by atoms with Crippen LogP contribution < -0.4 is 5.73 Å². The summed E-state index contributed by atoms with van der Waals surface area (Å²) in [7, 11) is 0. The van der Waals surface area contributed by atoms with Crippen LogP contribution >= 0.6 is 0 Å². The second-order valence-electron chi connectivity index (χ2n) is 3.49. The highest BCUT2D eigenvalue weighted by Crippen LogP contribution is 2.00. The molecule has 0 saturated heterocycles. The number of rotatable bonds is 8. The first kappa shape index (κ1) is 12.4. The van der Waals surface area contributed by atoms with Crippen LogP contribution in [0.3, 0.4) is 0 Å². The fourth-order valence-corrected chi connectivity index (χ4v) is 0.981. The van der Waals surface area contributed by atoms with E-state index < -0.39 is 0 Å². The number of nitrogens with one attached hydrogen (secondary N) is 1. The summed E-state index contributed by atoms with van der Waals surface area (Å²) in [6.45, 7) is 5.49. The number of hydrogen-bond acceptors (Lipinski definition) is 2. The number of ether oxygens (including phenoxy) is 1. The molecule has 78 valence electrons. The summed E-state index contributed by atoms with van der Waals surface area (Å²) >= 11 is 0. The highest BCUT2D eigenvalue weighted by molar-refractivity contribution is 5.79. The van der Waals surface area contributed by atoms with Gasteiger partial charge in [0.25, 0.3) is 0 Å². The van der Waals surface area contributed by atoms with Gasteiger partial charge in [-0.2, -0.15) is 0 Å². The van der Waals surface area contributed by atoms with Crippen molar-refractivity contribution >= 4 is 5.84 Å². The van der Waals surface area contributed by atoms with Gasteiger partial charge in [-0.25, -0.2) is 0 Å². The van der Waals surface area contributed by atoms with E-state index >= 15 is 0 Å². The fourth-order valence-electron chi connectivity index (χ4n) is 0.981. The van der Waals surface area contributed by atoms with Gasteiger partial charge in [-0.1, -0.05) is 33.1 Å². The summed E-state index contributed by atoms with van der Waals surface area (Å²) in [5.74, 6) is 0.278. The second kappa shape index (κ2) is 8.05. The van der Waals surface area contributed by atoms with E-state index in [1.165, 1.54) is 19.3 Å². The molecule has 0 radical (unpaired) electrons. The molecular formula is C10H22N2O. The topological polar surface area (TPSA) is 59.1 Å². The van der Waals surface area contributed by atoms with E-state index in [9.17, 15) is 0 Å². The number of hydrogen-bond donors (Lipinski definition) is 2. The minimum Gasteiger partial charge on any atom is -0.387 e. The SMILES string of the molecule is CCCCCCOCC(C)C(=N)N. The predicted octanol–water partition coefficient (Wildman–Crippen LogP) is 2.16. The Labute approximate surface area is 81.2 Å². The minimum atomic E-state index is 0.0613. The lowest BCUT2D eigenvalue weighted by atomic mass is 10.2. The van der Waals surface area contributed by atoms with Crippen LogP contribution in [0, 0.1) is 11.3 Å². The highest BCUT2D eigenvalue weighted by Gasteiger charge is 2.03. The number of unbranched alkanes of at least 4 members (excludes halogenated alkanes) is 3. The molecule has 0 rings (SSSR count). The molecule has 0 aromatic rings. The highest BCUT2D eigenvalue weighted by atomic mass is 16.5. The Hall–Kier alpha value is -0.570. The molecular weight excluding hydrogens is 164 g/mol. The third-order valence-corrected chi connectivity index (χ3v) is 2.04. The van der Waals surface area contributed by atoms with E-state index in [0.29, 0.717) is 6.61 Å². The van der Waals surface area contributed by atoms with Crippen molar-refractivity contribution in [2.24, 2.45) is 11.7 Å². The molecule has 0 aliphatic carbocycles. The largest absolute Gasteiger partial charge is 0.387 e. The van der Waals surface area contributed by atoms with Crippen molar-refractivity contribution in [3.8, 4) is 0 Å². The lowest BCUT2D eigenvalue weighted by Crippen LogP contribution is -2.24. The number of amidine groups is 1. The van der Waals surface area contributed by atoms with Crippen molar-refractivity contribution in [1.29, 1.82) is 5.41 Å². The lowest BCUT2D eigenvalue weighted by Gasteiger charge is -2.09. The van der Waals surface area contributed by atoms with Gasteiger partial charge in [0, 0.05) is 12.5 Å². The molecule has 3 heteroatoms. The molecule has 13 heavy (non-hydrogen) atoms. The van der Waals surface area contributed by atoms with Gasteiger partial charge in [-0.15, -0.1) is 0 Å². The summed E-state index contributed by atoms with van der Waals surface area (Å²) in [6.07, 6.45) is 4.90. The maximum absolute atomic E-state index is 7.14. The first-order valence-corrected chi connectivity index (χ1v) is 5.10. The van der Waals surface area contributed by atoms with E-state index in [-0.39, 0.29) is 11.8 Å². The van der Waals surface area contributed by atoms with Crippen molar-refractivity contribution in [1.82, 2.24) is 0 Å². The molecule has 0 bridgehead atoms. The third kappa shape index (κ3) is 7.78. The fraction of sp³-hybridized carbons (Fsp3) is 0.900. The van der Waals surface area contributed by atoms with Crippen LogP contribution in [0.1, 0.15) is 39.5 Å². The van der Waals surface area contributed by atoms with E-state index in [4.69, 9.17) is 15.9 Å². The Morgan fingerprint density at radius 1 is 1.38 bits per heavy atom. The van der Waals surface area contributed by atoms with Crippen LogP contribution in [0.15, 0.2) is 0 Å². The number of nitrogens with two attached hydrogens (primary N) is 1. The minimum absolute atomic E-state index is 0.0613. The van der Waals surface area contributed by atoms with Crippen LogP contribution in [0.25, 0.3) is 0 Å². The first-order valence-electron chi connectivity index (χ1n) is 5.10. The molecule has 0 aromatic carbocycles. The van der Waals surface area contributed by atoms with Gasteiger partial charge >= 0.3 is 0 Å². The quantitative estimate of drug-likeness (QED) is 0.346. The molecule has 0 spiro atoms. The molecule has 1 atom stereocenters. The third-order valence-electron chi connectivity index (χ3n) is 2.04. The maximum Gasteiger partial charge on any atom is 0.0957 e. The zero-order valence-electron chi connectivity index (χ0n) is 8.81. The molecule has 0 aliphatic heterocycles. The first-order chi connectivity index (χ1) is 6.18. The van der Waals surface area contributed by atoms with E-state index in [0.717, 1.165) is 13.0 Å². The molecule has 0 heterocycles. The van der Waals surface area contributed by atoms with Crippen LogP contribution in [0.4, 0.5) is 0 Å². The molecule has 0 saturated carbocycles. The summed E-state index contributed by atoms with van der Waals surface area (Å²) in [4.78, 5) is 0. The van der Waals surface area contributed by atoms with Crippen molar-refractivity contribution in [3.05, 3.63) is 0 Å². The van der Waals surface area contributed by atoms with Gasteiger partial charge in [0.05, 0.1) is 12.4 Å². The van der Waals surface area contributed by atoms with Crippen LogP contribution in [0.2, 0.25) is 0 Å². The van der Waals surface area contributed by atoms with E-state index in [1.807, 2.05) is 6.92 Å². The summed E-state index contributed by atoms with van der Waals surface area (Å²) in [5.41, 5.74) is 5.30. The summed E-state index contributed by atoms with van der Waals surface area (Å²) in [5, 5.41) is 7.14. The molecule has 0 amide bonds. The van der Waals surface area contributed by atoms with Crippen molar-refractivity contribution in [3.63, 3.8) is 0 Å².